The van der Waals surface area contributed by atoms with Gasteiger partial charge < -0.3 is 4.90 Å². The maximum absolute atomic E-state index is 3.66. The Balaban J connectivity index is 1.52. The molecule has 2 rings (SSSR count). The average Bonchev–Trinajstić information content (AvgIpc) is 2.34. The zero-order valence-electron chi connectivity index (χ0n) is 11.3. The Hall–Kier alpha value is -0.340. The van der Waals surface area contributed by atoms with Gasteiger partial charge in [0, 0.05) is 11.4 Å². The van der Waals surface area contributed by atoms with E-state index >= 15 is 0 Å². The molecule has 0 heterocycles. The minimum Gasteiger partial charge on any atom is -0.306 e. The Bertz CT molecular complexity index is 332. The molecule has 0 aromatic heterocycles. The van der Waals surface area contributed by atoms with E-state index in [1.54, 1.807) is 0 Å². The van der Waals surface area contributed by atoms with Gasteiger partial charge in [-0.2, -0.15) is 0 Å². The first kappa shape index (κ1) is 14.1. The summed E-state index contributed by atoms with van der Waals surface area (Å²) in [7, 11) is 2.27. The molecule has 1 aliphatic rings. The van der Waals surface area contributed by atoms with Crippen LogP contribution in [0, 0.1) is 5.92 Å². The molecule has 0 radical (unpaired) electrons. The number of alkyl halides is 1. The van der Waals surface area contributed by atoms with E-state index in [-0.39, 0.29) is 0 Å². The van der Waals surface area contributed by atoms with E-state index in [2.05, 4.69) is 58.2 Å². The van der Waals surface area contributed by atoms with Gasteiger partial charge >= 0.3 is 0 Å². The van der Waals surface area contributed by atoms with Crippen molar-refractivity contribution < 1.29 is 0 Å². The largest absolute Gasteiger partial charge is 0.306 e. The van der Waals surface area contributed by atoms with Crippen molar-refractivity contribution in [2.24, 2.45) is 5.92 Å². The van der Waals surface area contributed by atoms with Crippen LogP contribution in [0.2, 0.25) is 0 Å². The molecule has 1 nitrogen and oxygen atoms in total. The van der Waals surface area contributed by atoms with E-state index in [4.69, 9.17) is 0 Å². The Morgan fingerprint density at radius 2 is 1.89 bits per heavy atom. The highest BCUT2D eigenvalue weighted by Gasteiger charge is 2.27. The first-order valence-corrected chi connectivity index (χ1v) is 8.02. The number of halogens is 1. The van der Waals surface area contributed by atoms with Gasteiger partial charge in [-0.15, -0.1) is 0 Å². The third-order valence-corrected chi connectivity index (χ3v) is 4.59. The minimum atomic E-state index is 0.800. The maximum Gasteiger partial charge on any atom is 0.0152 e. The highest BCUT2D eigenvalue weighted by Crippen LogP contribution is 2.33. The Morgan fingerprint density at radius 3 is 2.56 bits per heavy atom. The smallest absolute Gasteiger partial charge is 0.0152 e. The van der Waals surface area contributed by atoms with Crippen LogP contribution in [0.25, 0.3) is 0 Å². The predicted octanol–water partition coefficient (Wildman–Crippen LogP) is 4.11. The summed E-state index contributed by atoms with van der Waals surface area (Å²) in [5.41, 5.74) is 1.47. The van der Waals surface area contributed by atoms with Crippen LogP contribution in [0.15, 0.2) is 30.3 Å². The van der Waals surface area contributed by atoms with Crippen molar-refractivity contribution in [2.75, 3.05) is 20.1 Å². The molecular formula is C16H24BrN. The fourth-order valence-corrected chi connectivity index (χ4v) is 3.75. The second kappa shape index (κ2) is 7.30. The molecule has 1 saturated carbocycles. The summed E-state index contributed by atoms with van der Waals surface area (Å²) >= 11 is 3.66. The van der Waals surface area contributed by atoms with Crippen molar-refractivity contribution in [3.05, 3.63) is 35.9 Å². The normalized spacial score (nSPS) is 23.1. The van der Waals surface area contributed by atoms with Crippen molar-refractivity contribution in [2.45, 2.75) is 36.9 Å². The molecule has 1 fully saturated rings. The topological polar surface area (TPSA) is 3.24 Å². The molecule has 0 N–H and O–H groups in total. The third-order valence-electron chi connectivity index (χ3n) is 3.85. The predicted molar refractivity (Wildman–Crippen MR) is 82.3 cm³/mol. The molecule has 0 unspecified atom stereocenters. The van der Waals surface area contributed by atoms with E-state index in [9.17, 15) is 0 Å². The first-order chi connectivity index (χ1) is 8.74. The van der Waals surface area contributed by atoms with Gasteiger partial charge in [0.15, 0.2) is 0 Å². The lowest BCUT2D eigenvalue weighted by Gasteiger charge is -2.34. The van der Waals surface area contributed by atoms with Crippen LogP contribution in [-0.4, -0.2) is 29.9 Å². The molecule has 100 valence electrons. The van der Waals surface area contributed by atoms with Crippen molar-refractivity contribution in [3.63, 3.8) is 0 Å². The molecule has 0 aliphatic heterocycles. The van der Waals surface area contributed by atoms with Gasteiger partial charge in [0.1, 0.15) is 0 Å². The number of unbranched alkanes of at least 4 members (excludes halogenated alkanes) is 1. The standard InChI is InChI=1S/C16H24BrN/c1-18(13-15-11-16(17)12-15)10-6-5-9-14-7-3-2-4-8-14/h2-4,7-8,15-16H,5-6,9-13H2,1H3. The maximum atomic E-state index is 3.66. The monoisotopic (exact) mass is 309 g/mol. The zero-order chi connectivity index (χ0) is 12.8. The number of benzene rings is 1. The minimum absolute atomic E-state index is 0.800. The van der Waals surface area contributed by atoms with E-state index in [1.807, 2.05) is 0 Å². The van der Waals surface area contributed by atoms with Crippen LogP contribution in [0.4, 0.5) is 0 Å². The molecule has 1 aliphatic carbocycles. The molecule has 0 saturated heterocycles. The van der Waals surface area contributed by atoms with Gasteiger partial charge in [0.25, 0.3) is 0 Å². The van der Waals surface area contributed by atoms with Crippen LogP contribution >= 0.6 is 15.9 Å². The number of hydrogen-bond donors (Lipinski definition) is 0. The number of hydrogen-bond acceptors (Lipinski definition) is 1. The van der Waals surface area contributed by atoms with Crippen molar-refractivity contribution in [1.82, 2.24) is 4.90 Å². The van der Waals surface area contributed by atoms with Gasteiger partial charge in [0.05, 0.1) is 0 Å². The SMILES string of the molecule is CN(CCCCc1ccccc1)CC1CC(Br)C1. The van der Waals surface area contributed by atoms with Crippen LogP contribution < -0.4 is 0 Å². The lowest BCUT2D eigenvalue weighted by molar-refractivity contribution is 0.211. The highest BCUT2D eigenvalue weighted by atomic mass is 79.9. The quantitative estimate of drug-likeness (QED) is 0.541. The second-order valence-corrected chi connectivity index (χ2v) is 6.93. The van der Waals surface area contributed by atoms with Crippen LogP contribution in [0.3, 0.4) is 0 Å². The first-order valence-electron chi connectivity index (χ1n) is 7.10. The second-order valence-electron chi connectivity index (χ2n) is 5.64. The van der Waals surface area contributed by atoms with E-state index in [0.29, 0.717) is 0 Å². The van der Waals surface area contributed by atoms with E-state index < -0.39 is 0 Å². The molecular weight excluding hydrogens is 286 g/mol. The molecule has 2 heteroatoms. The molecule has 0 amide bonds. The fraction of sp³-hybridized carbons (Fsp3) is 0.625. The van der Waals surface area contributed by atoms with Gasteiger partial charge in [0.2, 0.25) is 0 Å². The third kappa shape index (κ3) is 4.74. The fourth-order valence-electron chi connectivity index (χ4n) is 2.69. The summed E-state index contributed by atoms with van der Waals surface area (Å²) in [5.74, 6) is 0.938. The Labute approximate surface area is 120 Å². The Morgan fingerprint density at radius 1 is 1.17 bits per heavy atom. The number of nitrogens with zero attached hydrogens (tertiary/aromatic N) is 1. The van der Waals surface area contributed by atoms with Crippen LogP contribution in [0.5, 0.6) is 0 Å². The van der Waals surface area contributed by atoms with Crippen molar-refractivity contribution in [3.8, 4) is 0 Å². The van der Waals surface area contributed by atoms with Crippen LogP contribution in [-0.2, 0) is 6.42 Å². The molecule has 0 atom stereocenters. The van der Waals surface area contributed by atoms with Crippen LogP contribution in [0.1, 0.15) is 31.2 Å². The zero-order valence-corrected chi connectivity index (χ0v) is 12.9. The molecule has 1 aromatic rings. The lowest BCUT2D eigenvalue weighted by atomic mass is 9.85. The molecule has 1 aromatic carbocycles. The van der Waals surface area contributed by atoms with Gasteiger partial charge in [-0.05, 0) is 57.2 Å². The highest BCUT2D eigenvalue weighted by molar-refractivity contribution is 9.09. The molecule has 18 heavy (non-hydrogen) atoms. The van der Waals surface area contributed by atoms with Crippen molar-refractivity contribution in [1.29, 1.82) is 0 Å². The molecule has 0 spiro atoms. The summed E-state index contributed by atoms with van der Waals surface area (Å²) in [6.07, 6.45) is 6.58. The van der Waals surface area contributed by atoms with Gasteiger partial charge in [-0.3, -0.25) is 0 Å². The summed E-state index contributed by atoms with van der Waals surface area (Å²) in [5, 5.41) is 0. The van der Waals surface area contributed by atoms with Gasteiger partial charge in [-0.25, -0.2) is 0 Å². The van der Waals surface area contributed by atoms with Crippen molar-refractivity contribution >= 4 is 15.9 Å². The van der Waals surface area contributed by atoms with Gasteiger partial charge in [-0.1, -0.05) is 46.3 Å². The van der Waals surface area contributed by atoms with E-state index in [0.717, 1.165) is 10.7 Å². The number of aryl methyl sites for hydroxylation is 1. The summed E-state index contributed by atoms with van der Waals surface area (Å²) in [4.78, 5) is 3.31. The average molecular weight is 310 g/mol. The lowest BCUT2D eigenvalue weighted by Crippen LogP contribution is -2.35. The Kier molecular flexibility index (Phi) is 5.71. The number of rotatable bonds is 7. The summed E-state index contributed by atoms with van der Waals surface area (Å²) in [6.45, 7) is 2.53. The van der Waals surface area contributed by atoms with E-state index in [1.165, 1.54) is 50.8 Å². The molecule has 0 bridgehead atoms. The summed E-state index contributed by atoms with van der Waals surface area (Å²) in [6, 6.07) is 10.8. The summed E-state index contributed by atoms with van der Waals surface area (Å²) < 4.78 is 0.